The predicted octanol–water partition coefficient (Wildman–Crippen LogP) is 3.52. The molecule has 25 heavy (non-hydrogen) atoms. The number of piperidine rings is 1. The van der Waals surface area contributed by atoms with Crippen LogP contribution in [0.25, 0.3) is 0 Å². The van der Waals surface area contributed by atoms with Gasteiger partial charge in [0.25, 0.3) is 0 Å². The maximum absolute atomic E-state index is 5.23. The van der Waals surface area contributed by atoms with Gasteiger partial charge in [0.2, 0.25) is 5.95 Å². The van der Waals surface area contributed by atoms with Gasteiger partial charge < -0.3 is 20.3 Å². The third kappa shape index (κ3) is 5.60. The van der Waals surface area contributed by atoms with Gasteiger partial charge in [0, 0.05) is 24.5 Å². The van der Waals surface area contributed by atoms with E-state index in [-0.39, 0.29) is 0 Å². The molecule has 0 radical (unpaired) electrons. The van der Waals surface area contributed by atoms with Crippen LogP contribution in [0.1, 0.15) is 25.7 Å². The zero-order chi connectivity index (χ0) is 17.3. The molecule has 1 aromatic heterocycles. The molecule has 0 spiro atoms. The molecule has 2 aromatic rings. The Bertz CT molecular complexity index is 658. The molecule has 0 aliphatic carbocycles. The third-order valence-corrected chi connectivity index (χ3v) is 4.39. The summed E-state index contributed by atoms with van der Waals surface area (Å²) in [7, 11) is 1.66. The van der Waals surface area contributed by atoms with Gasteiger partial charge in [-0.2, -0.15) is 4.98 Å². The summed E-state index contributed by atoms with van der Waals surface area (Å²) in [6.45, 7) is 4.59. The van der Waals surface area contributed by atoms with E-state index in [1.165, 1.54) is 32.4 Å². The highest BCUT2D eigenvalue weighted by Crippen LogP contribution is 2.19. The van der Waals surface area contributed by atoms with E-state index in [4.69, 9.17) is 4.74 Å². The van der Waals surface area contributed by atoms with Crippen molar-refractivity contribution < 1.29 is 4.74 Å². The first-order valence-electron chi connectivity index (χ1n) is 9.04. The van der Waals surface area contributed by atoms with E-state index >= 15 is 0 Å². The lowest BCUT2D eigenvalue weighted by atomic mass is 10.1. The number of methoxy groups -OCH3 is 1. The zero-order valence-electron chi connectivity index (χ0n) is 14.9. The van der Waals surface area contributed by atoms with Crippen LogP contribution in [0.5, 0.6) is 5.75 Å². The van der Waals surface area contributed by atoms with E-state index < -0.39 is 0 Å². The van der Waals surface area contributed by atoms with Gasteiger partial charge >= 0.3 is 0 Å². The second kappa shape index (κ2) is 9.22. The van der Waals surface area contributed by atoms with E-state index in [9.17, 15) is 0 Å². The van der Waals surface area contributed by atoms with Crippen LogP contribution in [-0.4, -0.2) is 48.2 Å². The average Bonchev–Trinajstić information content (AvgIpc) is 2.67. The lowest BCUT2D eigenvalue weighted by Crippen LogP contribution is -2.31. The number of nitrogens with zero attached hydrogens (tertiary/aromatic N) is 3. The van der Waals surface area contributed by atoms with Gasteiger partial charge in [0.05, 0.1) is 7.11 Å². The molecule has 134 valence electrons. The third-order valence-electron chi connectivity index (χ3n) is 4.39. The van der Waals surface area contributed by atoms with Gasteiger partial charge in [-0.1, -0.05) is 12.5 Å². The SMILES string of the molecule is COc1cccc(Nc2nccc(NCCCN3CCCCC3)n2)c1. The molecule has 6 heteroatoms. The Labute approximate surface area is 149 Å². The lowest BCUT2D eigenvalue weighted by molar-refractivity contribution is 0.228. The maximum Gasteiger partial charge on any atom is 0.229 e. The Kier molecular flexibility index (Phi) is 6.45. The lowest BCUT2D eigenvalue weighted by Gasteiger charge is -2.26. The number of hydrogen-bond donors (Lipinski definition) is 2. The van der Waals surface area contributed by atoms with E-state index in [1.807, 2.05) is 30.3 Å². The smallest absolute Gasteiger partial charge is 0.229 e. The van der Waals surface area contributed by atoms with E-state index in [2.05, 4.69) is 25.5 Å². The fourth-order valence-corrected chi connectivity index (χ4v) is 3.05. The van der Waals surface area contributed by atoms with Crippen molar-refractivity contribution in [2.24, 2.45) is 0 Å². The number of rotatable bonds is 8. The second-order valence-corrected chi connectivity index (χ2v) is 6.31. The van der Waals surface area contributed by atoms with Crippen molar-refractivity contribution in [3.8, 4) is 5.75 Å². The normalized spacial score (nSPS) is 14.9. The van der Waals surface area contributed by atoms with Gasteiger partial charge in [-0.25, -0.2) is 4.98 Å². The maximum atomic E-state index is 5.23. The van der Waals surface area contributed by atoms with Gasteiger partial charge in [-0.15, -0.1) is 0 Å². The standard InChI is InChI=1S/C19H27N5O/c1-25-17-8-5-7-16(15-17)22-19-21-11-9-18(23-19)20-10-6-14-24-12-3-2-4-13-24/h5,7-9,11,15H,2-4,6,10,12-14H2,1H3,(H2,20,21,22,23). The first-order chi connectivity index (χ1) is 12.3. The number of nitrogens with one attached hydrogen (secondary N) is 2. The Morgan fingerprint density at radius 2 is 2.04 bits per heavy atom. The summed E-state index contributed by atoms with van der Waals surface area (Å²) in [6, 6.07) is 9.63. The highest BCUT2D eigenvalue weighted by atomic mass is 16.5. The molecule has 1 aliphatic heterocycles. The monoisotopic (exact) mass is 341 g/mol. The highest BCUT2D eigenvalue weighted by molar-refractivity contribution is 5.56. The Balaban J connectivity index is 1.47. The summed E-state index contributed by atoms with van der Waals surface area (Å²) in [6.07, 6.45) is 6.97. The minimum atomic E-state index is 0.578. The van der Waals surface area contributed by atoms with Crippen LogP contribution in [0.4, 0.5) is 17.5 Å². The topological polar surface area (TPSA) is 62.3 Å². The van der Waals surface area contributed by atoms with Crippen LogP contribution in [-0.2, 0) is 0 Å². The van der Waals surface area contributed by atoms with Crippen molar-refractivity contribution >= 4 is 17.5 Å². The molecule has 0 atom stereocenters. The fourth-order valence-electron chi connectivity index (χ4n) is 3.05. The summed E-state index contributed by atoms with van der Waals surface area (Å²) < 4.78 is 5.23. The van der Waals surface area contributed by atoms with Crippen LogP contribution in [0.15, 0.2) is 36.5 Å². The number of benzene rings is 1. The zero-order valence-corrected chi connectivity index (χ0v) is 14.9. The summed E-state index contributed by atoms with van der Waals surface area (Å²) >= 11 is 0. The summed E-state index contributed by atoms with van der Waals surface area (Å²) in [4.78, 5) is 11.4. The fraction of sp³-hybridized carbons (Fsp3) is 0.474. The molecule has 0 bridgehead atoms. The molecular formula is C19H27N5O. The van der Waals surface area contributed by atoms with Crippen LogP contribution < -0.4 is 15.4 Å². The molecule has 1 aliphatic rings. The van der Waals surface area contributed by atoms with Gasteiger partial charge in [-0.05, 0) is 57.1 Å². The Morgan fingerprint density at radius 1 is 1.16 bits per heavy atom. The van der Waals surface area contributed by atoms with Crippen LogP contribution in [0.3, 0.4) is 0 Å². The number of hydrogen-bond acceptors (Lipinski definition) is 6. The molecule has 1 aromatic carbocycles. The molecule has 0 amide bonds. The number of anilines is 3. The van der Waals surface area contributed by atoms with Crippen LogP contribution >= 0.6 is 0 Å². The first kappa shape index (κ1) is 17.5. The van der Waals surface area contributed by atoms with Gasteiger partial charge in [0.1, 0.15) is 11.6 Å². The van der Waals surface area contributed by atoms with Crippen LogP contribution in [0, 0.1) is 0 Å². The van der Waals surface area contributed by atoms with Crippen molar-refractivity contribution in [2.45, 2.75) is 25.7 Å². The molecule has 6 nitrogen and oxygen atoms in total. The molecule has 1 fully saturated rings. The van der Waals surface area contributed by atoms with Crippen molar-refractivity contribution in [2.75, 3.05) is 43.9 Å². The minimum absolute atomic E-state index is 0.578. The number of likely N-dealkylation sites (tertiary alicyclic amines) is 1. The van der Waals surface area contributed by atoms with E-state index in [0.717, 1.165) is 36.8 Å². The molecule has 3 rings (SSSR count). The second-order valence-electron chi connectivity index (χ2n) is 6.31. The predicted molar refractivity (Wildman–Crippen MR) is 102 cm³/mol. The molecule has 1 saturated heterocycles. The summed E-state index contributed by atoms with van der Waals surface area (Å²) in [5.41, 5.74) is 0.904. The molecule has 2 heterocycles. The molecule has 2 N–H and O–H groups in total. The molecule has 0 saturated carbocycles. The number of ether oxygens (including phenoxy) is 1. The van der Waals surface area contributed by atoms with E-state index in [0.29, 0.717) is 5.95 Å². The summed E-state index contributed by atoms with van der Waals surface area (Å²) in [5.74, 6) is 2.23. The largest absolute Gasteiger partial charge is 0.497 e. The van der Waals surface area contributed by atoms with Gasteiger partial charge in [-0.3, -0.25) is 0 Å². The van der Waals surface area contributed by atoms with Crippen molar-refractivity contribution in [3.05, 3.63) is 36.5 Å². The van der Waals surface area contributed by atoms with Crippen LogP contribution in [0.2, 0.25) is 0 Å². The Hall–Kier alpha value is -2.34. The minimum Gasteiger partial charge on any atom is -0.497 e. The van der Waals surface area contributed by atoms with E-state index in [1.54, 1.807) is 13.3 Å². The summed E-state index contributed by atoms with van der Waals surface area (Å²) in [5, 5.41) is 6.60. The Morgan fingerprint density at radius 3 is 2.88 bits per heavy atom. The van der Waals surface area contributed by atoms with Gasteiger partial charge in [0.15, 0.2) is 0 Å². The number of aromatic nitrogens is 2. The van der Waals surface area contributed by atoms with Crippen molar-refractivity contribution in [3.63, 3.8) is 0 Å². The quantitative estimate of drug-likeness (QED) is 0.717. The average molecular weight is 341 g/mol. The van der Waals surface area contributed by atoms with Crippen molar-refractivity contribution in [1.82, 2.24) is 14.9 Å². The van der Waals surface area contributed by atoms with Crippen molar-refractivity contribution in [1.29, 1.82) is 0 Å². The first-order valence-corrected chi connectivity index (χ1v) is 9.04. The molecule has 0 unspecified atom stereocenters. The highest BCUT2D eigenvalue weighted by Gasteiger charge is 2.09. The molecular weight excluding hydrogens is 314 g/mol.